The van der Waals surface area contributed by atoms with Crippen molar-refractivity contribution in [1.82, 2.24) is 19.6 Å². The Labute approximate surface area is 152 Å². The van der Waals surface area contributed by atoms with Crippen LogP contribution in [0.4, 0.5) is 0 Å². The van der Waals surface area contributed by atoms with E-state index in [4.69, 9.17) is 0 Å². The SMILES string of the molecule is Cc1nn(C(C)C(=O)C(C)n2nc(C)c3ccccc32)c2ccccc12. The van der Waals surface area contributed by atoms with Gasteiger partial charge < -0.3 is 0 Å². The average molecular weight is 346 g/mol. The van der Waals surface area contributed by atoms with Gasteiger partial charge in [-0.15, -0.1) is 0 Å². The number of hydrogen-bond donors (Lipinski definition) is 0. The first-order valence-electron chi connectivity index (χ1n) is 8.90. The van der Waals surface area contributed by atoms with Gasteiger partial charge in [-0.05, 0) is 39.8 Å². The summed E-state index contributed by atoms with van der Waals surface area (Å²) in [7, 11) is 0. The van der Waals surface area contributed by atoms with Crippen LogP contribution in [0.5, 0.6) is 0 Å². The second kappa shape index (κ2) is 6.09. The Kier molecular flexibility index (Phi) is 3.87. The topological polar surface area (TPSA) is 52.7 Å². The normalized spacial score (nSPS) is 14.0. The predicted octanol–water partition coefficient (Wildman–Crippen LogP) is 4.39. The van der Waals surface area contributed by atoms with Crippen LogP contribution in [0.2, 0.25) is 0 Å². The van der Waals surface area contributed by atoms with E-state index in [1.54, 1.807) is 0 Å². The van der Waals surface area contributed by atoms with Gasteiger partial charge in [0.05, 0.1) is 22.4 Å². The van der Waals surface area contributed by atoms with Crippen LogP contribution in [0, 0.1) is 13.8 Å². The quantitative estimate of drug-likeness (QED) is 0.550. The van der Waals surface area contributed by atoms with Crippen LogP contribution in [0.1, 0.15) is 37.3 Å². The van der Waals surface area contributed by atoms with Gasteiger partial charge in [0.1, 0.15) is 12.1 Å². The molecule has 0 fully saturated rings. The fourth-order valence-corrected chi connectivity index (χ4v) is 3.68. The predicted molar refractivity (Wildman–Crippen MR) is 103 cm³/mol. The standard InChI is InChI=1S/C21H22N4O/c1-13-17-9-5-7-11-19(17)24(22-13)15(3)21(26)16(4)25-20-12-8-6-10-18(20)14(2)23-25/h5-12,15-16H,1-4H3. The van der Waals surface area contributed by atoms with E-state index < -0.39 is 0 Å². The number of hydrogen-bond acceptors (Lipinski definition) is 3. The summed E-state index contributed by atoms with van der Waals surface area (Å²) in [5.74, 6) is 0.0894. The van der Waals surface area contributed by atoms with Crippen molar-refractivity contribution in [2.45, 2.75) is 39.8 Å². The lowest BCUT2D eigenvalue weighted by Crippen LogP contribution is -2.26. The van der Waals surface area contributed by atoms with Crippen LogP contribution < -0.4 is 0 Å². The molecular formula is C21H22N4O. The Morgan fingerprint density at radius 1 is 0.769 bits per heavy atom. The maximum Gasteiger partial charge on any atom is 0.181 e. The summed E-state index contributed by atoms with van der Waals surface area (Å²) in [6, 6.07) is 15.3. The molecule has 0 aliphatic carbocycles. The van der Waals surface area contributed by atoms with Gasteiger partial charge >= 0.3 is 0 Å². The molecule has 2 atom stereocenters. The number of para-hydroxylation sites is 2. The van der Waals surface area contributed by atoms with E-state index in [1.807, 2.05) is 85.6 Å². The van der Waals surface area contributed by atoms with Gasteiger partial charge in [-0.25, -0.2) is 0 Å². The molecule has 2 aromatic carbocycles. The van der Waals surface area contributed by atoms with Crippen molar-refractivity contribution in [2.24, 2.45) is 0 Å². The lowest BCUT2D eigenvalue weighted by Gasteiger charge is -2.18. The van der Waals surface area contributed by atoms with Crippen LogP contribution in [0.15, 0.2) is 48.5 Å². The minimum absolute atomic E-state index is 0.0894. The molecule has 5 nitrogen and oxygen atoms in total. The summed E-state index contributed by atoms with van der Waals surface area (Å²) in [6.45, 7) is 7.78. The lowest BCUT2D eigenvalue weighted by atomic mass is 10.1. The zero-order valence-corrected chi connectivity index (χ0v) is 15.5. The molecule has 0 bridgehead atoms. The molecule has 0 spiro atoms. The van der Waals surface area contributed by atoms with Gasteiger partial charge in [0.15, 0.2) is 5.78 Å². The number of nitrogens with zero attached hydrogens (tertiary/aromatic N) is 4. The van der Waals surface area contributed by atoms with Crippen molar-refractivity contribution in [3.63, 3.8) is 0 Å². The molecule has 2 aromatic heterocycles. The van der Waals surface area contributed by atoms with E-state index in [2.05, 4.69) is 10.2 Å². The third-order valence-electron chi connectivity index (χ3n) is 5.15. The van der Waals surface area contributed by atoms with Crippen LogP contribution in [-0.2, 0) is 4.79 Å². The van der Waals surface area contributed by atoms with Crippen molar-refractivity contribution in [3.8, 4) is 0 Å². The summed E-state index contributed by atoms with van der Waals surface area (Å²) < 4.78 is 3.67. The van der Waals surface area contributed by atoms with E-state index in [0.29, 0.717) is 0 Å². The molecular weight excluding hydrogens is 324 g/mol. The summed E-state index contributed by atoms with van der Waals surface area (Å²) in [5, 5.41) is 11.4. The van der Waals surface area contributed by atoms with Gasteiger partial charge in [0.25, 0.3) is 0 Å². The molecule has 5 heteroatoms. The zero-order valence-electron chi connectivity index (χ0n) is 15.5. The van der Waals surface area contributed by atoms with Crippen molar-refractivity contribution < 1.29 is 4.79 Å². The molecule has 4 aromatic rings. The number of carbonyl (C=O) groups excluding carboxylic acids is 1. The highest BCUT2D eigenvalue weighted by Gasteiger charge is 2.27. The first-order chi connectivity index (χ1) is 12.5. The average Bonchev–Trinajstić information content (AvgIpc) is 3.18. The third-order valence-corrected chi connectivity index (χ3v) is 5.15. The van der Waals surface area contributed by atoms with E-state index in [1.165, 1.54) is 0 Å². The highest BCUT2D eigenvalue weighted by Crippen LogP contribution is 2.27. The van der Waals surface area contributed by atoms with Gasteiger partial charge in [-0.3, -0.25) is 14.2 Å². The number of benzene rings is 2. The molecule has 0 aliphatic rings. The maximum absolute atomic E-state index is 13.2. The maximum atomic E-state index is 13.2. The number of ketones is 1. The number of carbonyl (C=O) groups is 1. The summed E-state index contributed by atoms with van der Waals surface area (Å²) in [4.78, 5) is 13.2. The summed E-state index contributed by atoms with van der Waals surface area (Å²) >= 11 is 0. The van der Waals surface area contributed by atoms with Gasteiger partial charge in [0, 0.05) is 10.8 Å². The van der Waals surface area contributed by atoms with E-state index in [-0.39, 0.29) is 17.9 Å². The number of rotatable bonds is 4. The van der Waals surface area contributed by atoms with Crippen LogP contribution in [0.3, 0.4) is 0 Å². The van der Waals surface area contributed by atoms with E-state index in [9.17, 15) is 4.79 Å². The molecule has 4 rings (SSSR count). The van der Waals surface area contributed by atoms with Crippen molar-refractivity contribution in [2.75, 3.05) is 0 Å². The van der Waals surface area contributed by atoms with Crippen molar-refractivity contribution in [1.29, 1.82) is 0 Å². The molecule has 2 unspecified atom stereocenters. The van der Waals surface area contributed by atoms with E-state index >= 15 is 0 Å². The second-order valence-electron chi connectivity index (χ2n) is 6.85. The largest absolute Gasteiger partial charge is 0.295 e. The molecule has 132 valence electrons. The number of fused-ring (bicyclic) bond motifs is 2. The van der Waals surface area contributed by atoms with Gasteiger partial charge in [0.2, 0.25) is 0 Å². The summed E-state index contributed by atoms with van der Waals surface area (Å²) in [6.07, 6.45) is 0. The molecule has 0 saturated heterocycles. The Balaban J connectivity index is 1.74. The molecule has 0 saturated carbocycles. The first-order valence-corrected chi connectivity index (χ1v) is 8.90. The number of aryl methyl sites for hydroxylation is 2. The van der Waals surface area contributed by atoms with Crippen molar-refractivity contribution in [3.05, 3.63) is 59.9 Å². The van der Waals surface area contributed by atoms with Gasteiger partial charge in [-0.1, -0.05) is 36.4 Å². The first kappa shape index (κ1) is 16.5. The fraction of sp³-hybridized carbons (Fsp3) is 0.286. The number of Topliss-reactive ketones (excluding diaryl/α,β-unsaturated/α-hetero) is 1. The minimum Gasteiger partial charge on any atom is -0.295 e. The van der Waals surface area contributed by atoms with Crippen LogP contribution >= 0.6 is 0 Å². The molecule has 0 radical (unpaired) electrons. The highest BCUT2D eigenvalue weighted by atomic mass is 16.1. The van der Waals surface area contributed by atoms with Gasteiger partial charge in [-0.2, -0.15) is 10.2 Å². The lowest BCUT2D eigenvalue weighted by molar-refractivity contribution is -0.124. The van der Waals surface area contributed by atoms with Crippen LogP contribution in [-0.4, -0.2) is 25.3 Å². The molecule has 2 heterocycles. The monoisotopic (exact) mass is 346 g/mol. The fourth-order valence-electron chi connectivity index (χ4n) is 3.68. The van der Waals surface area contributed by atoms with E-state index in [0.717, 1.165) is 33.2 Å². The molecule has 26 heavy (non-hydrogen) atoms. The highest BCUT2D eigenvalue weighted by molar-refractivity contribution is 5.91. The van der Waals surface area contributed by atoms with Crippen molar-refractivity contribution >= 4 is 27.6 Å². The Morgan fingerprint density at radius 2 is 1.15 bits per heavy atom. The zero-order chi connectivity index (χ0) is 18.4. The van der Waals surface area contributed by atoms with Crippen LogP contribution in [0.25, 0.3) is 21.8 Å². The molecule has 0 N–H and O–H groups in total. The Morgan fingerprint density at radius 3 is 1.58 bits per heavy atom. The summed E-state index contributed by atoms with van der Waals surface area (Å²) in [5.41, 5.74) is 3.85. The Bertz CT molecular complexity index is 1030. The molecule has 0 amide bonds. The Hall–Kier alpha value is -2.95. The molecule has 0 aliphatic heterocycles. The third kappa shape index (κ3) is 2.43. The number of aromatic nitrogens is 4. The smallest absolute Gasteiger partial charge is 0.181 e. The minimum atomic E-state index is -0.369. The second-order valence-corrected chi connectivity index (χ2v) is 6.85.